The molecule has 0 bridgehead atoms. The van der Waals surface area contributed by atoms with Gasteiger partial charge in [-0.25, -0.2) is 9.78 Å². The second-order valence-corrected chi connectivity index (χ2v) is 9.58. The minimum Gasteiger partial charge on any atom is -0.457 e. The van der Waals surface area contributed by atoms with Crippen molar-refractivity contribution in [1.82, 2.24) is 24.8 Å². The van der Waals surface area contributed by atoms with Crippen LogP contribution in [0.25, 0.3) is 44.7 Å². The Balaban J connectivity index is 1.31. The van der Waals surface area contributed by atoms with Crippen LogP contribution in [0.5, 0.6) is 0 Å². The number of aryl methyl sites for hydroxylation is 1. The van der Waals surface area contributed by atoms with Crippen molar-refractivity contribution in [3.63, 3.8) is 0 Å². The van der Waals surface area contributed by atoms with Crippen LogP contribution < -0.4 is 0 Å². The van der Waals surface area contributed by atoms with Gasteiger partial charge in [-0.05, 0) is 68.4 Å². The van der Waals surface area contributed by atoms with Gasteiger partial charge in [0.2, 0.25) is 0 Å². The van der Waals surface area contributed by atoms with E-state index in [1.807, 2.05) is 68.7 Å². The summed E-state index contributed by atoms with van der Waals surface area (Å²) in [5.74, 6) is -0.283. The van der Waals surface area contributed by atoms with Gasteiger partial charge in [0.15, 0.2) is 0 Å². The van der Waals surface area contributed by atoms with Crippen molar-refractivity contribution in [2.75, 3.05) is 20.1 Å². The van der Waals surface area contributed by atoms with Crippen molar-refractivity contribution >= 4 is 16.9 Å². The van der Waals surface area contributed by atoms with Gasteiger partial charge in [-0.1, -0.05) is 24.3 Å². The Hall–Kier alpha value is -4.36. The summed E-state index contributed by atoms with van der Waals surface area (Å²) in [6.07, 6.45) is 4.36. The predicted octanol–water partition coefficient (Wildman–Crippen LogP) is 5.52. The average molecular weight is 490 g/mol. The first-order chi connectivity index (χ1) is 18.0. The number of likely N-dealkylation sites (tertiary alicyclic amines) is 1. The second-order valence-electron chi connectivity index (χ2n) is 9.58. The van der Waals surface area contributed by atoms with Crippen LogP contribution in [-0.4, -0.2) is 57.0 Å². The summed E-state index contributed by atoms with van der Waals surface area (Å²) in [5.41, 5.74) is 7.79. The van der Waals surface area contributed by atoms with Crippen LogP contribution in [0.15, 0.2) is 79.3 Å². The molecule has 6 rings (SSSR count). The number of likely N-dealkylation sites (N-methyl/N-ethyl adjacent to an activating group) is 1. The van der Waals surface area contributed by atoms with Gasteiger partial charge in [0.25, 0.3) is 0 Å². The number of hydrogen-bond donors (Lipinski definition) is 1. The highest BCUT2D eigenvalue weighted by atomic mass is 16.5. The molecule has 0 saturated carbocycles. The fourth-order valence-corrected chi connectivity index (χ4v) is 4.86. The van der Waals surface area contributed by atoms with Crippen molar-refractivity contribution in [3.8, 4) is 33.8 Å². The van der Waals surface area contributed by atoms with Crippen LogP contribution >= 0.6 is 0 Å². The number of H-pyrrole nitrogens is 1. The Bertz CT molecular complexity index is 1610. The Morgan fingerprint density at radius 3 is 2.70 bits per heavy atom. The molecule has 7 nitrogen and oxygen atoms in total. The summed E-state index contributed by atoms with van der Waals surface area (Å²) >= 11 is 0. The fourth-order valence-electron chi connectivity index (χ4n) is 4.86. The molecular weight excluding hydrogens is 462 g/mol. The maximum atomic E-state index is 12.8. The van der Waals surface area contributed by atoms with E-state index in [9.17, 15) is 4.79 Å². The maximum Gasteiger partial charge on any atom is 0.338 e. The number of hydrogen-bond acceptors (Lipinski definition) is 6. The number of nitrogens with one attached hydrogen (secondary N) is 1. The van der Waals surface area contributed by atoms with E-state index in [0.29, 0.717) is 5.56 Å². The molecule has 37 heavy (non-hydrogen) atoms. The van der Waals surface area contributed by atoms with Gasteiger partial charge in [-0.2, -0.15) is 0 Å². The third-order valence-electron chi connectivity index (χ3n) is 6.79. The lowest BCUT2D eigenvalue weighted by Crippen LogP contribution is -2.22. The molecule has 2 aromatic carbocycles. The molecular formula is C30H27N5O2. The monoisotopic (exact) mass is 489 g/mol. The Morgan fingerprint density at radius 2 is 1.86 bits per heavy atom. The molecule has 1 atom stereocenters. The van der Waals surface area contributed by atoms with E-state index in [1.54, 1.807) is 12.4 Å². The van der Waals surface area contributed by atoms with E-state index >= 15 is 0 Å². The summed E-state index contributed by atoms with van der Waals surface area (Å²) in [6.45, 7) is 3.70. The molecule has 184 valence electrons. The molecule has 7 heteroatoms. The average Bonchev–Trinajstić information content (AvgIpc) is 3.57. The number of ether oxygens (including phenoxy) is 1. The second kappa shape index (κ2) is 9.59. The van der Waals surface area contributed by atoms with Crippen molar-refractivity contribution < 1.29 is 9.53 Å². The molecule has 0 spiro atoms. The number of imidazole rings is 1. The first kappa shape index (κ1) is 23.1. The van der Waals surface area contributed by atoms with Crippen molar-refractivity contribution in [1.29, 1.82) is 0 Å². The molecule has 3 aromatic heterocycles. The summed E-state index contributed by atoms with van der Waals surface area (Å²) in [6, 6.07) is 21.7. The zero-order chi connectivity index (χ0) is 25.4. The van der Waals surface area contributed by atoms with Crippen LogP contribution in [-0.2, 0) is 4.74 Å². The minimum absolute atomic E-state index is 0.0520. The van der Waals surface area contributed by atoms with Crippen molar-refractivity contribution in [3.05, 3.63) is 90.5 Å². The lowest BCUT2D eigenvalue weighted by atomic mass is 10.0. The smallest absolute Gasteiger partial charge is 0.338 e. The normalized spacial score (nSPS) is 15.8. The molecule has 0 amide bonds. The third-order valence-corrected chi connectivity index (χ3v) is 6.79. The van der Waals surface area contributed by atoms with Crippen molar-refractivity contribution in [2.45, 2.75) is 19.4 Å². The van der Waals surface area contributed by atoms with Gasteiger partial charge < -0.3 is 14.6 Å². The van der Waals surface area contributed by atoms with E-state index < -0.39 is 0 Å². The van der Waals surface area contributed by atoms with Gasteiger partial charge in [0.1, 0.15) is 6.10 Å². The molecule has 0 radical (unpaired) electrons. The molecule has 1 aliphatic rings. The van der Waals surface area contributed by atoms with Gasteiger partial charge in [0.05, 0.1) is 34.5 Å². The zero-order valence-corrected chi connectivity index (χ0v) is 20.8. The van der Waals surface area contributed by atoms with Gasteiger partial charge >= 0.3 is 5.97 Å². The van der Waals surface area contributed by atoms with Crippen LogP contribution in [0.2, 0.25) is 0 Å². The quantitative estimate of drug-likeness (QED) is 0.327. The minimum atomic E-state index is -0.283. The third kappa shape index (κ3) is 4.73. The number of pyridine rings is 2. The van der Waals surface area contributed by atoms with Gasteiger partial charge in [-0.15, -0.1) is 0 Å². The molecule has 4 heterocycles. The molecule has 1 N–H and O–H groups in total. The molecule has 1 aliphatic heterocycles. The van der Waals surface area contributed by atoms with E-state index in [4.69, 9.17) is 4.74 Å². The highest BCUT2D eigenvalue weighted by Gasteiger charge is 2.23. The number of aromatic nitrogens is 4. The highest BCUT2D eigenvalue weighted by Crippen LogP contribution is 2.31. The van der Waals surface area contributed by atoms with Gasteiger partial charge in [-0.3, -0.25) is 9.97 Å². The molecule has 0 aliphatic carbocycles. The molecule has 1 saturated heterocycles. The van der Waals surface area contributed by atoms with Crippen LogP contribution in [0, 0.1) is 6.92 Å². The highest BCUT2D eigenvalue weighted by molar-refractivity contribution is 5.93. The number of esters is 1. The summed E-state index contributed by atoms with van der Waals surface area (Å²) in [5, 5.41) is 0.989. The summed E-state index contributed by atoms with van der Waals surface area (Å²) < 4.78 is 5.73. The van der Waals surface area contributed by atoms with Crippen LogP contribution in [0.1, 0.15) is 22.5 Å². The Kier molecular flexibility index (Phi) is 5.98. The summed E-state index contributed by atoms with van der Waals surface area (Å²) in [4.78, 5) is 32.1. The first-order valence-corrected chi connectivity index (χ1v) is 12.4. The lowest BCUT2D eigenvalue weighted by molar-refractivity contribution is 0.0327. The first-order valence-electron chi connectivity index (χ1n) is 12.4. The Morgan fingerprint density at radius 1 is 1.00 bits per heavy atom. The number of fused-ring (bicyclic) bond motifs is 1. The Labute approximate surface area is 215 Å². The molecule has 0 unspecified atom stereocenters. The largest absolute Gasteiger partial charge is 0.457 e. The number of carbonyl (C=O) groups excluding carboxylic acids is 1. The maximum absolute atomic E-state index is 12.8. The van der Waals surface area contributed by atoms with Gasteiger partial charge in [0, 0.05) is 41.5 Å². The van der Waals surface area contributed by atoms with Crippen LogP contribution in [0.4, 0.5) is 0 Å². The van der Waals surface area contributed by atoms with E-state index in [0.717, 1.165) is 69.9 Å². The number of aromatic amines is 1. The van der Waals surface area contributed by atoms with Crippen molar-refractivity contribution in [2.24, 2.45) is 0 Å². The van der Waals surface area contributed by atoms with E-state index in [-0.39, 0.29) is 12.1 Å². The number of benzene rings is 2. The SMILES string of the molecule is Cc1cccc(-c2[nH]cnc2-c2ccc3ncc(-c4cccc(C(=O)O[C@H]5CCN(C)C5)c4)cc3c2)n1. The fraction of sp³-hybridized carbons (Fsp3) is 0.200. The topological polar surface area (TPSA) is 84.0 Å². The zero-order valence-electron chi connectivity index (χ0n) is 20.8. The van der Waals surface area contributed by atoms with E-state index in [2.05, 4.69) is 37.0 Å². The summed E-state index contributed by atoms with van der Waals surface area (Å²) in [7, 11) is 2.04. The molecule has 1 fully saturated rings. The number of carbonyl (C=O) groups is 1. The lowest BCUT2D eigenvalue weighted by Gasteiger charge is -2.13. The number of nitrogens with zero attached hydrogens (tertiary/aromatic N) is 4. The standard InChI is InChI=1S/C30H27N5O2/c1-19-5-3-8-27(34-19)29-28(32-18-33-29)21-9-10-26-23(14-21)15-24(16-31-26)20-6-4-7-22(13-20)30(36)37-25-11-12-35(2)17-25/h3-10,13-16,18,25H,11-12,17H2,1-2H3,(H,32,33)/t25-/m0/s1. The predicted molar refractivity (Wildman–Crippen MR) is 144 cm³/mol. The molecule has 5 aromatic rings. The van der Waals surface area contributed by atoms with Crippen LogP contribution in [0.3, 0.4) is 0 Å². The number of rotatable bonds is 5. The van der Waals surface area contributed by atoms with E-state index in [1.165, 1.54) is 0 Å².